The van der Waals surface area contributed by atoms with Crippen LogP contribution in [0.5, 0.6) is 0 Å². The van der Waals surface area contributed by atoms with Crippen molar-refractivity contribution in [2.45, 2.75) is 32.2 Å². The molecule has 76 valence electrons. The van der Waals surface area contributed by atoms with E-state index in [4.69, 9.17) is 5.73 Å². The number of aromatic nitrogens is 1. The molecule has 1 aromatic heterocycles. The summed E-state index contributed by atoms with van der Waals surface area (Å²) in [6.45, 7) is 5.73. The number of hydrogen-bond donors (Lipinski definition) is 1. The molecule has 1 unspecified atom stereocenters. The molecule has 0 fully saturated rings. The summed E-state index contributed by atoms with van der Waals surface area (Å²) in [7, 11) is 0. The Morgan fingerprint density at radius 1 is 1.57 bits per heavy atom. The molecule has 0 saturated carbocycles. The molecule has 0 aliphatic heterocycles. The fraction of sp³-hybridized carbons (Fsp3) is 0.417. The molecule has 1 aromatic rings. The molecule has 14 heavy (non-hydrogen) atoms. The molecule has 2 nitrogen and oxygen atoms in total. The molecule has 0 aliphatic rings. The number of aryl methyl sites for hydroxylation is 1. The molecule has 1 rings (SSSR count). The molecule has 0 aliphatic carbocycles. The maximum absolute atomic E-state index is 6.03. The number of rotatable bonds is 5. The molecule has 2 heteroatoms. The van der Waals surface area contributed by atoms with Crippen LogP contribution in [0.15, 0.2) is 31.1 Å². The monoisotopic (exact) mass is 190 g/mol. The predicted octanol–water partition coefficient (Wildman–Crippen LogP) is 2.75. The Labute approximate surface area is 85.9 Å². The third kappa shape index (κ3) is 3.30. The van der Waals surface area contributed by atoms with Crippen LogP contribution in [0.4, 0.5) is 0 Å². The summed E-state index contributed by atoms with van der Waals surface area (Å²) in [5, 5.41) is 0. The Balaban J connectivity index is 2.51. The lowest BCUT2D eigenvalue weighted by Gasteiger charge is -2.11. The number of hydrogen-bond acceptors (Lipinski definition) is 2. The van der Waals surface area contributed by atoms with Crippen LogP contribution < -0.4 is 5.73 Å². The van der Waals surface area contributed by atoms with E-state index in [0.29, 0.717) is 0 Å². The summed E-state index contributed by atoms with van der Waals surface area (Å²) in [6.07, 6.45) is 8.76. The van der Waals surface area contributed by atoms with Gasteiger partial charge in [-0.2, -0.15) is 0 Å². The van der Waals surface area contributed by atoms with Gasteiger partial charge in [-0.15, -0.1) is 6.58 Å². The van der Waals surface area contributed by atoms with E-state index in [2.05, 4.69) is 17.6 Å². The number of nitrogens with zero attached hydrogens (tertiary/aromatic N) is 1. The number of pyridine rings is 1. The minimum atomic E-state index is 0.113. The van der Waals surface area contributed by atoms with Gasteiger partial charge in [0.05, 0.1) is 0 Å². The highest BCUT2D eigenvalue weighted by atomic mass is 14.7. The fourth-order valence-corrected chi connectivity index (χ4v) is 1.43. The van der Waals surface area contributed by atoms with Crippen molar-refractivity contribution in [1.82, 2.24) is 4.98 Å². The first-order valence-electron chi connectivity index (χ1n) is 5.02. The number of allylic oxidation sites excluding steroid dienone is 1. The quantitative estimate of drug-likeness (QED) is 0.572. The number of nitrogens with two attached hydrogens (primary N) is 1. The smallest absolute Gasteiger partial charge is 0.0315 e. The van der Waals surface area contributed by atoms with E-state index in [9.17, 15) is 0 Å². The van der Waals surface area contributed by atoms with Gasteiger partial charge in [0, 0.05) is 18.4 Å². The van der Waals surface area contributed by atoms with Crippen LogP contribution in [0, 0.1) is 6.92 Å². The zero-order valence-corrected chi connectivity index (χ0v) is 8.74. The lowest BCUT2D eigenvalue weighted by atomic mass is 10.0. The largest absolute Gasteiger partial charge is 0.324 e. The summed E-state index contributed by atoms with van der Waals surface area (Å²) < 4.78 is 0. The van der Waals surface area contributed by atoms with Gasteiger partial charge >= 0.3 is 0 Å². The average molecular weight is 190 g/mol. The molecule has 1 heterocycles. The molecule has 2 N–H and O–H groups in total. The SMILES string of the molecule is C=CCCCC(N)c1cncc(C)c1. The molecular weight excluding hydrogens is 172 g/mol. The average Bonchev–Trinajstić information content (AvgIpc) is 2.18. The van der Waals surface area contributed by atoms with Crippen LogP contribution in [0.2, 0.25) is 0 Å². The third-order valence-electron chi connectivity index (χ3n) is 2.25. The first-order valence-corrected chi connectivity index (χ1v) is 5.02. The van der Waals surface area contributed by atoms with Gasteiger partial charge in [0.1, 0.15) is 0 Å². The second kappa shape index (κ2) is 5.55. The highest BCUT2D eigenvalue weighted by Gasteiger charge is 2.05. The molecule has 0 saturated heterocycles. The zero-order chi connectivity index (χ0) is 10.4. The Bertz CT molecular complexity index is 294. The highest BCUT2D eigenvalue weighted by molar-refractivity contribution is 5.19. The molecular formula is C12H18N2. The first kappa shape index (κ1) is 10.9. The standard InChI is InChI=1S/C12H18N2/c1-3-4-5-6-12(13)11-7-10(2)8-14-9-11/h3,7-9,12H,1,4-6,13H2,2H3. The van der Waals surface area contributed by atoms with Gasteiger partial charge < -0.3 is 5.73 Å². The number of unbranched alkanes of at least 4 members (excludes halogenated alkanes) is 1. The van der Waals surface area contributed by atoms with Gasteiger partial charge in [0.25, 0.3) is 0 Å². The molecule has 0 radical (unpaired) electrons. The van der Waals surface area contributed by atoms with Crippen LogP contribution in [0.1, 0.15) is 36.4 Å². The van der Waals surface area contributed by atoms with Crippen LogP contribution in [-0.2, 0) is 0 Å². The van der Waals surface area contributed by atoms with Crippen molar-refractivity contribution in [3.05, 3.63) is 42.2 Å². The van der Waals surface area contributed by atoms with Crippen LogP contribution in [0.25, 0.3) is 0 Å². The maximum Gasteiger partial charge on any atom is 0.0315 e. The van der Waals surface area contributed by atoms with E-state index in [0.717, 1.165) is 24.8 Å². The maximum atomic E-state index is 6.03. The highest BCUT2D eigenvalue weighted by Crippen LogP contribution is 2.16. The zero-order valence-electron chi connectivity index (χ0n) is 8.74. The second-order valence-corrected chi connectivity index (χ2v) is 3.62. The molecule has 0 aromatic carbocycles. The second-order valence-electron chi connectivity index (χ2n) is 3.62. The van der Waals surface area contributed by atoms with Crippen molar-refractivity contribution in [2.24, 2.45) is 5.73 Å². The third-order valence-corrected chi connectivity index (χ3v) is 2.25. The van der Waals surface area contributed by atoms with Crippen molar-refractivity contribution in [3.63, 3.8) is 0 Å². The van der Waals surface area contributed by atoms with E-state index in [1.165, 1.54) is 5.56 Å². The Kier molecular flexibility index (Phi) is 4.33. The van der Waals surface area contributed by atoms with Crippen LogP contribution in [0.3, 0.4) is 0 Å². The summed E-state index contributed by atoms with van der Waals surface area (Å²) in [6, 6.07) is 2.22. The minimum absolute atomic E-state index is 0.113. The fourth-order valence-electron chi connectivity index (χ4n) is 1.43. The van der Waals surface area contributed by atoms with Gasteiger partial charge in [0.15, 0.2) is 0 Å². The van der Waals surface area contributed by atoms with Crippen molar-refractivity contribution < 1.29 is 0 Å². The van der Waals surface area contributed by atoms with Gasteiger partial charge in [0.2, 0.25) is 0 Å². The summed E-state index contributed by atoms with van der Waals surface area (Å²) in [5.74, 6) is 0. The minimum Gasteiger partial charge on any atom is -0.324 e. The molecule has 0 bridgehead atoms. The predicted molar refractivity (Wildman–Crippen MR) is 60.0 cm³/mol. The van der Waals surface area contributed by atoms with Crippen LogP contribution in [-0.4, -0.2) is 4.98 Å². The lowest BCUT2D eigenvalue weighted by molar-refractivity contribution is 0.615. The molecule has 0 amide bonds. The topological polar surface area (TPSA) is 38.9 Å². The van der Waals surface area contributed by atoms with E-state index in [1.807, 2.05) is 25.4 Å². The molecule has 1 atom stereocenters. The van der Waals surface area contributed by atoms with E-state index in [-0.39, 0.29) is 6.04 Å². The van der Waals surface area contributed by atoms with Gasteiger partial charge in [-0.05, 0) is 37.3 Å². The summed E-state index contributed by atoms with van der Waals surface area (Å²) in [5.41, 5.74) is 8.33. The lowest BCUT2D eigenvalue weighted by Crippen LogP contribution is -2.10. The van der Waals surface area contributed by atoms with E-state index in [1.54, 1.807) is 0 Å². The van der Waals surface area contributed by atoms with Crippen molar-refractivity contribution >= 4 is 0 Å². The van der Waals surface area contributed by atoms with Crippen molar-refractivity contribution in [3.8, 4) is 0 Å². The first-order chi connectivity index (χ1) is 6.74. The molecule has 0 spiro atoms. The van der Waals surface area contributed by atoms with Gasteiger partial charge in [-0.1, -0.05) is 12.1 Å². The van der Waals surface area contributed by atoms with Gasteiger partial charge in [-0.25, -0.2) is 0 Å². The van der Waals surface area contributed by atoms with E-state index < -0.39 is 0 Å². The normalized spacial score (nSPS) is 12.4. The van der Waals surface area contributed by atoms with Gasteiger partial charge in [-0.3, -0.25) is 4.98 Å². The Morgan fingerprint density at radius 2 is 2.36 bits per heavy atom. The Morgan fingerprint density at radius 3 is 3.00 bits per heavy atom. The van der Waals surface area contributed by atoms with Crippen molar-refractivity contribution in [2.75, 3.05) is 0 Å². The van der Waals surface area contributed by atoms with Crippen LogP contribution >= 0.6 is 0 Å². The Hall–Kier alpha value is -1.15. The summed E-state index contributed by atoms with van der Waals surface area (Å²) >= 11 is 0. The van der Waals surface area contributed by atoms with E-state index >= 15 is 0 Å². The van der Waals surface area contributed by atoms with Crippen molar-refractivity contribution in [1.29, 1.82) is 0 Å². The summed E-state index contributed by atoms with van der Waals surface area (Å²) in [4.78, 5) is 4.13.